The van der Waals surface area contributed by atoms with Crippen molar-refractivity contribution in [3.63, 3.8) is 0 Å². The van der Waals surface area contributed by atoms with Crippen LogP contribution in [-0.2, 0) is 19.0 Å². The van der Waals surface area contributed by atoms with E-state index in [0.717, 1.165) is 0 Å². The van der Waals surface area contributed by atoms with Crippen molar-refractivity contribution in [1.82, 2.24) is 0 Å². The zero-order valence-electron chi connectivity index (χ0n) is 7.65. The number of methoxy groups -OCH3 is 2. The van der Waals surface area contributed by atoms with E-state index in [1.807, 2.05) is 6.08 Å². The summed E-state index contributed by atoms with van der Waals surface area (Å²) < 4.78 is 15.4. The van der Waals surface area contributed by atoms with Crippen LogP contribution in [-0.4, -0.2) is 32.1 Å². The summed E-state index contributed by atoms with van der Waals surface area (Å²) in [4.78, 5) is 11.4. The molecule has 0 aliphatic carbocycles. The molecule has 72 valence electrons. The van der Waals surface area contributed by atoms with E-state index in [1.54, 1.807) is 6.08 Å². The van der Waals surface area contributed by atoms with Gasteiger partial charge >= 0.3 is 5.97 Å². The van der Waals surface area contributed by atoms with Gasteiger partial charge in [0.05, 0.1) is 13.2 Å². The van der Waals surface area contributed by atoms with Crippen molar-refractivity contribution in [3.8, 4) is 0 Å². The first-order chi connectivity index (χ1) is 6.22. The molecule has 0 amide bonds. The summed E-state index contributed by atoms with van der Waals surface area (Å²) in [5, 5.41) is 0. The molecule has 0 radical (unpaired) electrons. The third-order valence-electron chi connectivity index (χ3n) is 2.64. The first-order valence-corrected chi connectivity index (χ1v) is 4.22. The smallest absolute Gasteiger partial charge is 0.314 e. The minimum atomic E-state index is -0.863. The summed E-state index contributed by atoms with van der Waals surface area (Å²) in [5.41, 5.74) is 0. The van der Waals surface area contributed by atoms with Crippen LogP contribution in [0.1, 0.15) is 6.42 Å². The predicted octanol–water partition coefficient (Wildman–Crippen LogP) is 0.477. The first-order valence-electron chi connectivity index (χ1n) is 4.22. The van der Waals surface area contributed by atoms with Gasteiger partial charge in [0.1, 0.15) is 5.92 Å². The Morgan fingerprint density at radius 1 is 1.62 bits per heavy atom. The van der Waals surface area contributed by atoms with Crippen LogP contribution in [0.15, 0.2) is 12.2 Å². The van der Waals surface area contributed by atoms with E-state index < -0.39 is 5.79 Å². The van der Waals surface area contributed by atoms with E-state index >= 15 is 0 Å². The minimum Gasteiger partial charge on any atom is -0.469 e. The van der Waals surface area contributed by atoms with Gasteiger partial charge in [-0.05, 0) is 12.5 Å². The van der Waals surface area contributed by atoms with E-state index in [4.69, 9.17) is 9.47 Å². The van der Waals surface area contributed by atoms with Crippen LogP contribution in [0.2, 0.25) is 0 Å². The van der Waals surface area contributed by atoms with Gasteiger partial charge in [0.15, 0.2) is 0 Å². The molecule has 2 bridgehead atoms. The number of carbonyl (C=O) groups excluding carboxylic acids is 1. The van der Waals surface area contributed by atoms with Gasteiger partial charge in [-0.15, -0.1) is 0 Å². The SMILES string of the molecule is COC(=O)[C@H]1C[C@@H]2C=C[C@@]1(OC)O2. The number of carbonyl (C=O) groups is 1. The number of hydrogen-bond acceptors (Lipinski definition) is 4. The van der Waals surface area contributed by atoms with Gasteiger partial charge < -0.3 is 14.2 Å². The highest BCUT2D eigenvalue weighted by Gasteiger charge is 2.54. The molecule has 0 aromatic heterocycles. The Bertz CT molecular complexity index is 260. The van der Waals surface area contributed by atoms with Crippen LogP contribution < -0.4 is 0 Å². The molecule has 0 saturated carbocycles. The number of hydrogen-bond donors (Lipinski definition) is 0. The Kier molecular flexibility index (Phi) is 1.89. The van der Waals surface area contributed by atoms with Crippen molar-refractivity contribution in [2.24, 2.45) is 5.92 Å². The minimum absolute atomic E-state index is 0.00375. The van der Waals surface area contributed by atoms with E-state index in [1.165, 1.54) is 14.2 Å². The lowest BCUT2D eigenvalue weighted by Crippen LogP contribution is -2.39. The van der Waals surface area contributed by atoms with Crippen LogP contribution in [0.5, 0.6) is 0 Å². The maximum Gasteiger partial charge on any atom is 0.314 e. The van der Waals surface area contributed by atoms with Crippen molar-refractivity contribution in [2.45, 2.75) is 18.3 Å². The standard InChI is InChI=1S/C9H12O4/c1-11-8(10)7-5-6-3-4-9(7,12-2)13-6/h3-4,6-7H,5H2,1-2H3/t6-,7+,9+/m0/s1. The summed E-state index contributed by atoms with van der Waals surface area (Å²) in [5.74, 6) is -1.45. The Morgan fingerprint density at radius 3 is 2.92 bits per heavy atom. The van der Waals surface area contributed by atoms with Crippen molar-refractivity contribution >= 4 is 5.97 Å². The van der Waals surface area contributed by atoms with Crippen molar-refractivity contribution < 1.29 is 19.0 Å². The summed E-state index contributed by atoms with van der Waals surface area (Å²) in [6.07, 6.45) is 4.37. The van der Waals surface area contributed by atoms with Gasteiger partial charge in [0.25, 0.3) is 0 Å². The Morgan fingerprint density at radius 2 is 2.38 bits per heavy atom. The van der Waals surface area contributed by atoms with E-state index in [0.29, 0.717) is 6.42 Å². The Balaban J connectivity index is 2.23. The van der Waals surface area contributed by atoms with Gasteiger partial charge in [-0.25, -0.2) is 0 Å². The summed E-state index contributed by atoms with van der Waals surface area (Å²) in [6, 6.07) is 0. The number of rotatable bonds is 2. The van der Waals surface area contributed by atoms with Gasteiger partial charge in [-0.2, -0.15) is 0 Å². The molecule has 4 heteroatoms. The molecule has 2 rings (SSSR count). The predicted molar refractivity (Wildman–Crippen MR) is 43.9 cm³/mol. The van der Waals surface area contributed by atoms with Gasteiger partial charge in [0.2, 0.25) is 5.79 Å². The van der Waals surface area contributed by atoms with E-state index in [9.17, 15) is 4.79 Å². The lowest BCUT2D eigenvalue weighted by molar-refractivity contribution is -0.192. The highest BCUT2D eigenvalue weighted by Crippen LogP contribution is 2.43. The number of ether oxygens (including phenoxy) is 3. The molecule has 0 spiro atoms. The molecule has 1 fully saturated rings. The molecule has 0 N–H and O–H groups in total. The zero-order valence-corrected chi connectivity index (χ0v) is 7.65. The van der Waals surface area contributed by atoms with Crippen LogP contribution in [0.25, 0.3) is 0 Å². The topological polar surface area (TPSA) is 44.8 Å². The second kappa shape index (κ2) is 2.82. The van der Waals surface area contributed by atoms with Gasteiger partial charge in [-0.1, -0.05) is 6.08 Å². The second-order valence-corrected chi connectivity index (χ2v) is 3.25. The fourth-order valence-electron chi connectivity index (χ4n) is 1.94. The Hall–Kier alpha value is -0.870. The quantitative estimate of drug-likeness (QED) is 0.462. The fraction of sp³-hybridized carbons (Fsp3) is 0.667. The largest absolute Gasteiger partial charge is 0.469 e. The molecule has 2 aliphatic rings. The van der Waals surface area contributed by atoms with Crippen LogP contribution >= 0.6 is 0 Å². The molecule has 13 heavy (non-hydrogen) atoms. The van der Waals surface area contributed by atoms with Crippen LogP contribution in [0.3, 0.4) is 0 Å². The molecule has 0 aromatic carbocycles. The van der Waals surface area contributed by atoms with E-state index in [-0.39, 0.29) is 18.0 Å². The number of fused-ring (bicyclic) bond motifs is 2. The number of esters is 1. The summed E-state index contributed by atoms with van der Waals surface area (Å²) in [7, 11) is 2.91. The van der Waals surface area contributed by atoms with Crippen molar-refractivity contribution in [2.75, 3.05) is 14.2 Å². The molecule has 2 heterocycles. The highest BCUT2D eigenvalue weighted by atomic mass is 16.7. The van der Waals surface area contributed by atoms with Crippen molar-refractivity contribution in [3.05, 3.63) is 12.2 Å². The molecule has 0 unspecified atom stereocenters. The van der Waals surface area contributed by atoms with Gasteiger partial charge in [0, 0.05) is 7.11 Å². The maximum atomic E-state index is 11.4. The second-order valence-electron chi connectivity index (χ2n) is 3.25. The summed E-state index contributed by atoms with van der Waals surface area (Å²) >= 11 is 0. The monoisotopic (exact) mass is 184 g/mol. The molecule has 1 saturated heterocycles. The highest BCUT2D eigenvalue weighted by molar-refractivity contribution is 5.75. The van der Waals surface area contributed by atoms with Crippen LogP contribution in [0, 0.1) is 5.92 Å². The third kappa shape index (κ3) is 1.09. The molecule has 3 atom stereocenters. The normalized spacial score (nSPS) is 41.1. The fourth-order valence-corrected chi connectivity index (χ4v) is 1.94. The van der Waals surface area contributed by atoms with E-state index in [2.05, 4.69) is 4.74 Å². The third-order valence-corrected chi connectivity index (χ3v) is 2.64. The van der Waals surface area contributed by atoms with Gasteiger partial charge in [-0.3, -0.25) is 4.79 Å². The van der Waals surface area contributed by atoms with Crippen LogP contribution in [0.4, 0.5) is 0 Å². The molecular weight excluding hydrogens is 172 g/mol. The zero-order chi connectivity index (χ0) is 9.47. The lowest BCUT2D eigenvalue weighted by atomic mass is 9.91. The Labute approximate surface area is 76.5 Å². The van der Waals surface area contributed by atoms with Crippen molar-refractivity contribution in [1.29, 1.82) is 0 Å². The first kappa shape index (κ1) is 8.72. The lowest BCUT2D eigenvalue weighted by Gasteiger charge is -2.26. The molecule has 2 aliphatic heterocycles. The average Bonchev–Trinajstić information content (AvgIpc) is 2.74. The molecule has 0 aromatic rings. The average molecular weight is 184 g/mol. The molecule has 4 nitrogen and oxygen atoms in total. The molecular formula is C9H12O4. The maximum absolute atomic E-state index is 11.4. The summed E-state index contributed by atoms with van der Waals surface area (Å²) in [6.45, 7) is 0.